The van der Waals surface area contributed by atoms with Crippen molar-refractivity contribution in [3.8, 4) is 17.1 Å². The average Bonchev–Trinajstić information content (AvgIpc) is 3.11. The van der Waals surface area contributed by atoms with E-state index in [4.69, 9.17) is 20.8 Å². The number of furan rings is 1. The lowest BCUT2D eigenvalue weighted by Crippen LogP contribution is -2.17. The maximum atomic E-state index is 12.0. The molecular formula is C19H15ClN2O3. The molecule has 0 bridgehead atoms. The molecule has 1 aromatic heterocycles. The molecule has 126 valence electrons. The van der Waals surface area contributed by atoms with Gasteiger partial charge in [-0.05, 0) is 60.7 Å². The number of rotatable bonds is 5. The normalized spacial score (nSPS) is 10.8. The fourth-order valence-corrected chi connectivity index (χ4v) is 2.28. The zero-order valence-electron chi connectivity index (χ0n) is 13.4. The summed E-state index contributed by atoms with van der Waals surface area (Å²) in [5.41, 5.74) is 3.85. The molecule has 3 rings (SSSR count). The summed E-state index contributed by atoms with van der Waals surface area (Å²) < 4.78 is 10.7. The Morgan fingerprint density at radius 3 is 2.48 bits per heavy atom. The van der Waals surface area contributed by atoms with Gasteiger partial charge in [0.25, 0.3) is 5.91 Å². The van der Waals surface area contributed by atoms with Crippen molar-refractivity contribution < 1.29 is 13.9 Å². The number of halogens is 1. The van der Waals surface area contributed by atoms with E-state index in [0.717, 1.165) is 5.56 Å². The molecule has 0 spiro atoms. The SMILES string of the molecule is COc1ccc(C(=O)NN=Cc2ccc(-c3ccc(Cl)cc3)o2)cc1. The Morgan fingerprint density at radius 2 is 1.80 bits per heavy atom. The second kappa shape index (κ2) is 7.68. The lowest BCUT2D eigenvalue weighted by molar-refractivity contribution is 0.0955. The lowest BCUT2D eigenvalue weighted by atomic mass is 10.2. The van der Waals surface area contributed by atoms with E-state index in [0.29, 0.717) is 27.9 Å². The first-order chi connectivity index (χ1) is 12.2. The fraction of sp³-hybridized carbons (Fsp3) is 0.0526. The number of carbonyl (C=O) groups is 1. The van der Waals surface area contributed by atoms with Gasteiger partial charge in [0.1, 0.15) is 17.3 Å². The predicted octanol–water partition coefficient (Wildman–Crippen LogP) is 4.37. The van der Waals surface area contributed by atoms with Crippen LogP contribution in [0.2, 0.25) is 5.02 Å². The smallest absolute Gasteiger partial charge is 0.271 e. The fourth-order valence-electron chi connectivity index (χ4n) is 2.15. The Bertz CT molecular complexity index is 884. The molecule has 0 fully saturated rings. The third-order valence-corrected chi connectivity index (χ3v) is 3.72. The Labute approximate surface area is 149 Å². The minimum Gasteiger partial charge on any atom is -0.497 e. The second-order valence-electron chi connectivity index (χ2n) is 5.14. The number of ether oxygens (including phenoxy) is 1. The molecule has 2 aromatic carbocycles. The van der Waals surface area contributed by atoms with Crippen molar-refractivity contribution in [1.29, 1.82) is 0 Å². The van der Waals surface area contributed by atoms with E-state index in [1.165, 1.54) is 6.21 Å². The number of methoxy groups -OCH3 is 1. The molecule has 0 saturated heterocycles. The summed E-state index contributed by atoms with van der Waals surface area (Å²) >= 11 is 5.87. The molecule has 1 N–H and O–H groups in total. The third kappa shape index (κ3) is 4.28. The van der Waals surface area contributed by atoms with E-state index in [1.807, 2.05) is 18.2 Å². The number of nitrogens with one attached hydrogen (secondary N) is 1. The summed E-state index contributed by atoms with van der Waals surface area (Å²) in [6, 6.07) is 17.7. The zero-order chi connectivity index (χ0) is 17.6. The van der Waals surface area contributed by atoms with Crippen LogP contribution >= 0.6 is 11.6 Å². The van der Waals surface area contributed by atoms with Gasteiger partial charge in [-0.2, -0.15) is 5.10 Å². The molecule has 0 unspecified atom stereocenters. The zero-order valence-corrected chi connectivity index (χ0v) is 14.2. The first-order valence-corrected chi connectivity index (χ1v) is 7.87. The van der Waals surface area contributed by atoms with Gasteiger partial charge >= 0.3 is 0 Å². The van der Waals surface area contributed by atoms with Gasteiger partial charge in [0.05, 0.1) is 13.3 Å². The molecule has 25 heavy (non-hydrogen) atoms. The highest BCUT2D eigenvalue weighted by Crippen LogP contribution is 2.23. The highest BCUT2D eigenvalue weighted by atomic mass is 35.5. The minimum atomic E-state index is -0.316. The Kier molecular flexibility index (Phi) is 5.16. The van der Waals surface area contributed by atoms with E-state index in [9.17, 15) is 4.79 Å². The molecular weight excluding hydrogens is 340 g/mol. The van der Waals surface area contributed by atoms with Crippen molar-refractivity contribution in [2.75, 3.05) is 7.11 Å². The number of carbonyl (C=O) groups excluding carboxylic acids is 1. The summed E-state index contributed by atoms with van der Waals surface area (Å²) in [5.74, 6) is 1.59. The monoisotopic (exact) mass is 354 g/mol. The van der Waals surface area contributed by atoms with Crippen molar-refractivity contribution >= 4 is 23.7 Å². The first kappa shape index (κ1) is 16.8. The van der Waals surface area contributed by atoms with Crippen molar-refractivity contribution in [1.82, 2.24) is 5.43 Å². The van der Waals surface area contributed by atoms with Gasteiger partial charge in [0, 0.05) is 16.1 Å². The van der Waals surface area contributed by atoms with Crippen LogP contribution in [-0.2, 0) is 0 Å². The quantitative estimate of drug-likeness (QED) is 0.546. The predicted molar refractivity (Wildman–Crippen MR) is 97.2 cm³/mol. The summed E-state index contributed by atoms with van der Waals surface area (Å²) in [6.45, 7) is 0. The van der Waals surface area contributed by atoms with Crippen LogP contribution in [-0.4, -0.2) is 19.2 Å². The van der Waals surface area contributed by atoms with Crippen LogP contribution in [0.4, 0.5) is 0 Å². The molecule has 3 aromatic rings. The summed E-state index contributed by atoms with van der Waals surface area (Å²) in [7, 11) is 1.57. The van der Waals surface area contributed by atoms with Crippen LogP contribution in [0.1, 0.15) is 16.1 Å². The molecule has 0 aliphatic carbocycles. The van der Waals surface area contributed by atoms with Gasteiger partial charge < -0.3 is 9.15 Å². The number of hydrogen-bond acceptors (Lipinski definition) is 4. The molecule has 6 heteroatoms. The highest BCUT2D eigenvalue weighted by molar-refractivity contribution is 6.30. The van der Waals surface area contributed by atoms with Crippen LogP contribution in [0.15, 0.2) is 70.2 Å². The first-order valence-electron chi connectivity index (χ1n) is 7.49. The van der Waals surface area contributed by atoms with Gasteiger partial charge in [-0.3, -0.25) is 4.79 Å². The van der Waals surface area contributed by atoms with Gasteiger partial charge in [0.15, 0.2) is 0 Å². The largest absolute Gasteiger partial charge is 0.497 e. The Hall–Kier alpha value is -3.05. The number of benzene rings is 2. The molecule has 0 radical (unpaired) electrons. The van der Waals surface area contributed by atoms with Gasteiger partial charge in [-0.1, -0.05) is 11.6 Å². The topological polar surface area (TPSA) is 63.8 Å². The third-order valence-electron chi connectivity index (χ3n) is 3.47. The van der Waals surface area contributed by atoms with E-state index in [1.54, 1.807) is 49.6 Å². The second-order valence-corrected chi connectivity index (χ2v) is 5.57. The van der Waals surface area contributed by atoms with E-state index in [2.05, 4.69) is 10.5 Å². The highest BCUT2D eigenvalue weighted by Gasteiger charge is 2.05. The van der Waals surface area contributed by atoms with Crippen LogP contribution in [0.5, 0.6) is 5.75 Å². The molecule has 1 amide bonds. The lowest BCUT2D eigenvalue weighted by Gasteiger charge is -2.01. The van der Waals surface area contributed by atoms with Crippen molar-refractivity contribution in [2.24, 2.45) is 5.10 Å². The molecule has 1 heterocycles. The average molecular weight is 355 g/mol. The number of hydrogen-bond donors (Lipinski definition) is 1. The van der Waals surface area contributed by atoms with Crippen molar-refractivity contribution in [3.63, 3.8) is 0 Å². The number of hydrazone groups is 1. The summed E-state index contributed by atoms with van der Waals surface area (Å²) in [4.78, 5) is 12.0. The van der Waals surface area contributed by atoms with Crippen molar-refractivity contribution in [2.45, 2.75) is 0 Å². The van der Waals surface area contributed by atoms with Crippen LogP contribution < -0.4 is 10.2 Å². The molecule has 0 atom stereocenters. The van der Waals surface area contributed by atoms with Crippen LogP contribution in [0, 0.1) is 0 Å². The maximum Gasteiger partial charge on any atom is 0.271 e. The van der Waals surface area contributed by atoms with Crippen LogP contribution in [0.25, 0.3) is 11.3 Å². The van der Waals surface area contributed by atoms with Crippen molar-refractivity contribution in [3.05, 3.63) is 77.0 Å². The summed E-state index contributed by atoms with van der Waals surface area (Å²) in [5, 5.41) is 4.58. The standard InChI is InChI=1S/C19H15ClN2O3/c1-24-16-8-4-14(5-9-16)19(23)22-21-12-17-10-11-18(25-17)13-2-6-15(20)7-3-13/h2-12H,1H3,(H,22,23). The van der Waals surface area contributed by atoms with Gasteiger partial charge in [-0.25, -0.2) is 5.43 Å². The number of nitrogens with zero attached hydrogens (tertiary/aromatic N) is 1. The number of amides is 1. The maximum absolute atomic E-state index is 12.0. The molecule has 0 aliphatic heterocycles. The van der Waals surface area contributed by atoms with E-state index >= 15 is 0 Å². The summed E-state index contributed by atoms with van der Waals surface area (Å²) in [6.07, 6.45) is 1.45. The van der Waals surface area contributed by atoms with Gasteiger partial charge in [-0.15, -0.1) is 0 Å². The van der Waals surface area contributed by atoms with Crippen LogP contribution in [0.3, 0.4) is 0 Å². The van der Waals surface area contributed by atoms with E-state index in [-0.39, 0.29) is 5.91 Å². The Balaban J connectivity index is 1.62. The molecule has 0 saturated carbocycles. The van der Waals surface area contributed by atoms with Gasteiger partial charge in [0.2, 0.25) is 0 Å². The van der Waals surface area contributed by atoms with E-state index < -0.39 is 0 Å². The molecule has 5 nitrogen and oxygen atoms in total. The Morgan fingerprint density at radius 1 is 1.08 bits per heavy atom. The molecule has 0 aliphatic rings. The minimum absolute atomic E-state index is 0.316.